The third kappa shape index (κ3) is 6.94. The molecule has 0 radical (unpaired) electrons. The fourth-order valence-electron chi connectivity index (χ4n) is 4.95. The van der Waals surface area contributed by atoms with E-state index in [-0.39, 0.29) is 35.9 Å². The topological polar surface area (TPSA) is 73.3 Å². The van der Waals surface area contributed by atoms with Gasteiger partial charge in [-0.3, -0.25) is 14.7 Å². The number of hydrogen-bond acceptors (Lipinski definition) is 5. The quantitative estimate of drug-likeness (QED) is 0.322. The molecule has 1 N–H and O–H groups in total. The predicted octanol–water partition coefficient (Wildman–Crippen LogP) is 2.72. The van der Waals surface area contributed by atoms with E-state index < -0.39 is 0 Å². The third-order valence-electron chi connectivity index (χ3n) is 6.99. The van der Waals surface area contributed by atoms with Crippen molar-refractivity contribution >= 4 is 35.8 Å². The number of likely N-dealkylation sites (tertiary alicyclic amines) is 1. The zero-order valence-electron chi connectivity index (χ0n) is 20.0. The van der Waals surface area contributed by atoms with Crippen LogP contribution in [-0.4, -0.2) is 90.0 Å². The summed E-state index contributed by atoms with van der Waals surface area (Å²) in [6, 6.07) is 4.00. The van der Waals surface area contributed by atoms with Gasteiger partial charge in [-0.05, 0) is 51.0 Å². The molecule has 1 aliphatic carbocycles. The monoisotopic (exact) mass is 570 g/mol. The highest BCUT2D eigenvalue weighted by molar-refractivity contribution is 14.0. The summed E-state index contributed by atoms with van der Waals surface area (Å²) in [5, 5.41) is 3.46. The molecular formula is C24H39IN6O2. The van der Waals surface area contributed by atoms with E-state index in [1.54, 1.807) is 0 Å². The summed E-state index contributed by atoms with van der Waals surface area (Å²) < 4.78 is 5.96. The van der Waals surface area contributed by atoms with Crippen LogP contribution in [-0.2, 0) is 11.3 Å². The van der Waals surface area contributed by atoms with Gasteiger partial charge in [-0.2, -0.15) is 0 Å². The van der Waals surface area contributed by atoms with Gasteiger partial charge in [0.1, 0.15) is 6.10 Å². The van der Waals surface area contributed by atoms with E-state index in [1.807, 2.05) is 24.2 Å². The van der Waals surface area contributed by atoms with Crippen LogP contribution in [0.25, 0.3) is 0 Å². The number of amides is 1. The molecule has 3 heterocycles. The van der Waals surface area contributed by atoms with Crippen molar-refractivity contribution in [3.8, 4) is 5.88 Å². The number of ether oxygens (including phenoxy) is 1. The number of rotatable bonds is 6. The number of guanidine groups is 1. The van der Waals surface area contributed by atoms with Crippen LogP contribution in [0.3, 0.4) is 0 Å². The molecule has 1 atom stereocenters. The van der Waals surface area contributed by atoms with E-state index in [0.29, 0.717) is 12.6 Å². The van der Waals surface area contributed by atoms with Gasteiger partial charge < -0.3 is 19.9 Å². The first kappa shape index (κ1) is 26.0. The van der Waals surface area contributed by atoms with Crippen molar-refractivity contribution in [3.63, 3.8) is 0 Å². The van der Waals surface area contributed by atoms with Crippen molar-refractivity contribution in [1.82, 2.24) is 25.0 Å². The highest BCUT2D eigenvalue weighted by Crippen LogP contribution is 2.23. The Hall–Kier alpha value is -1.62. The molecule has 3 aliphatic rings. The van der Waals surface area contributed by atoms with Gasteiger partial charge in [-0.1, -0.05) is 6.07 Å². The number of aliphatic imine (C=N–C) groups is 1. The van der Waals surface area contributed by atoms with Crippen molar-refractivity contribution in [2.75, 3.05) is 46.3 Å². The lowest BCUT2D eigenvalue weighted by Crippen LogP contribution is -2.57. The van der Waals surface area contributed by atoms with Crippen LogP contribution >= 0.6 is 24.0 Å². The van der Waals surface area contributed by atoms with E-state index in [0.717, 1.165) is 82.4 Å². The molecule has 33 heavy (non-hydrogen) atoms. The number of hydrogen-bond donors (Lipinski definition) is 1. The van der Waals surface area contributed by atoms with E-state index in [4.69, 9.17) is 4.74 Å². The Morgan fingerprint density at radius 3 is 2.39 bits per heavy atom. The molecule has 9 heteroatoms. The van der Waals surface area contributed by atoms with Gasteiger partial charge in [-0.25, -0.2) is 4.98 Å². The fraction of sp³-hybridized carbons (Fsp3) is 0.708. The van der Waals surface area contributed by atoms with Crippen LogP contribution < -0.4 is 10.1 Å². The Balaban J connectivity index is 0.00000306. The molecule has 1 aromatic rings. The maximum Gasteiger partial charge on any atom is 0.239 e. The normalized spacial score (nSPS) is 21.1. The first-order valence-electron chi connectivity index (χ1n) is 12.2. The molecule has 3 fully saturated rings. The SMILES string of the molecule is CN=C(NCc1ccc(OC2CCCC2)nc1)N1CCN(C(C)C(=O)N2CCCC2)CC1.I. The van der Waals surface area contributed by atoms with Gasteiger partial charge in [0.15, 0.2) is 5.96 Å². The molecule has 0 bridgehead atoms. The summed E-state index contributed by atoms with van der Waals surface area (Å²) in [4.78, 5) is 28.3. The zero-order chi connectivity index (χ0) is 22.3. The standard InChI is InChI=1S/C24H38N6O2.HI/c1-19(23(31)29-11-5-6-12-29)28-13-15-30(16-14-28)24(25-2)27-18-20-9-10-22(26-17-20)32-21-7-3-4-8-21;/h9-10,17,19,21H,3-8,11-16,18H2,1-2H3,(H,25,27);1H. The van der Waals surface area contributed by atoms with Crippen molar-refractivity contribution in [2.45, 2.75) is 64.1 Å². The minimum atomic E-state index is -0.0405. The summed E-state index contributed by atoms with van der Waals surface area (Å²) in [6.07, 6.45) is 9.28. The largest absolute Gasteiger partial charge is 0.474 e. The molecular weight excluding hydrogens is 531 g/mol. The van der Waals surface area contributed by atoms with E-state index >= 15 is 0 Å². The van der Waals surface area contributed by atoms with E-state index in [2.05, 4.69) is 38.1 Å². The summed E-state index contributed by atoms with van der Waals surface area (Å²) in [6.45, 7) is 8.04. The number of carbonyl (C=O) groups excluding carboxylic acids is 1. The van der Waals surface area contributed by atoms with Crippen LogP contribution in [0.2, 0.25) is 0 Å². The zero-order valence-corrected chi connectivity index (χ0v) is 22.4. The fourth-order valence-corrected chi connectivity index (χ4v) is 4.95. The molecule has 2 saturated heterocycles. The van der Waals surface area contributed by atoms with Crippen molar-refractivity contribution in [3.05, 3.63) is 23.9 Å². The highest BCUT2D eigenvalue weighted by atomic mass is 127. The maximum atomic E-state index is 12.7. The lowest BCUT2D eigenvalue weighted by molar-refractivity contribution is -0.135. The smallest absolute Gasteiger partial charge is 0.239 e. The summed E-state index contributed by atoms with van der Waals surface area (Å²) in [7, 11) is 1.82. The number of pyridine rings is 1. The van der Waals surface area contributed by atoms with Crippen LogP contribution in [0.15, 0.2) is 23.3 Å². The minimum absolute atomic E-state index is 0. The van der Waals surface area contributed by atoms with Crippen LogP contribution in [0.4, 0.5) is 0 Å². The van der Waals surface area contributed by atoms with Crippen LogP contribution in [0.5, 0.6) is 5.88 Å². The number of nitrogens with zero attached hydrogens (tertiary/aromatic N) is 5. The molecule has 1 aromatic heterocycles. The Morgan fingerprint density at radius 2 is 1.79 bits per heavy atom. The number of nitrogens with one attached hydrogen (secondary N) is 1. The third-order valence-corrected chi connectivity index (χ3v) is 6.99. The van der Waals surface area contributed by atoms with Crippen molar-refractivity contribution < 1.29 is 9.53 Å². The Kier molecular flexibility index (Phi) is 10.0. The molecule has 8 nitrogen and oxygen atoms in total. The molecule has 1 unspecified atom stereocenters. The number of carbonyl (C=O) groups is 1. The van der Waals surface area contributed by atoms with Gasteiger partial charge >= 0.3 is 0 Å². The highest BCUT2D eigenvalue weighted by Gasteiger charge is 2.30. The van der Waals surface area contributed by atoms with Gasteiger partial charge in [0.2, 0.25) is 11.8 Å². The van der Waals surface area contributed by atoms with E-state index in [9.17, 15) is 4.79 Å². The molecule has 1 saturated carbocycles. The molecule has 4 rings (SSSR count). The number of piperazine rings is 1. The van der Waals surface area contributed by atoms with Gasteiger partial charge in [0.25, 0.3) is 0 Å². The lowest BCUT2D eigenvalue weighted by atomic mass is 10.2. The van der Waals surface area contributed by atoms with Crippen LogP contribution in [0.1, 0.15) is 51.0 Å². The van der Waals surface area contributed by atoms with Gasteiger partial charge in [0, 0.05) is 65.1 Å². The second kappa shape index (κ2) is 12.7. The van der Waals surface area contributed by atoms with E-state index in [1.165, 1.54) is 12.8 Å². The molecule has 0 aromatic carbocycles. The number of aromatic nitrogens is 1. The Bertz CT molecular complexity index is 770. The number of halogens is 1. The minimum Gasteiger partial charge on any atom is -0.474 e. The Morgan fingerprint density at radius 1 is 1.09 bits per heavy atom. The predicted molar refractivity (Wildman–Crippen MR) is 141 cm³/mol. The summed E-state index contributed by atoms with van der Waals surface area (Å²) in [5.74, 6) is 1.90. The molecule has 2 aliphatic heterocycles. The Labute approximate surface area is 215 Å². The average molecular weight is 571 g/mol. The molecule has 1 amide bonds. The lowest BCUT2D eigenvalue weighted by Gasteiger charge is -2.39. The van der Waals surface area contributed by atoms with Gasteiger partial charge in [0.05, 0.1) is 6.04 Å². The first-order valence-corrected chi connectivity index (χ1v) is 12.2. The van der Waals surface area contributed by atoms with Crippen molar-refractivity contribution in [2.24, 2.45) is 4.99 Å². The van der Waals surface area contributed by atoms with Gasteiger partial charge in [-0.15, -0.1) is 24.0 Å². The second-order valence-electron chi connectivity index (χ2n) is 9.16. The average Bonchev–Trinajstić information content (AvgIpc) is 3.55. The van der Waals surface area contributed by atoms with Crippen molar-refractivity contribution in [1.29, 1.82) is 0 Å². The first-order chi connectivity index (χ1) is 15.6. The molecule has 184 valence electrons. The summed E-state index contributed by atoms with van der Waals surface area (Å²) in [5.41, 5.74) is 1.10. The van der Waals surface area contributed by atoms with Crippen LogP contribution in [0, 0.1) is 0 Å². The maximum absolute atomic E-state index is 12.7. The molecule has 0 spiro atoms. The second-order valence-corrected chi connectivity index (χ2v) is 9.16. The summed E-state index contributed by atoms with van der Waals surface area (Å²) >= 11 is 0.